The largest absolute Gasteiger partial charge is 0.490 e. The fourth-order valence-corrected chi connectivity index (χ4v) is 4.20. The van der Waals surface area contributed by atoms with E-state index in [-0.39, 0.29) is 23.8 Å². The second kappa shape index (κ2) is 8.20. The number of carbonyl (C=O) groups excluding carboxylic acids is 2. The van der Waals surface area contributed by atoms with E-state index in [9.17, 15) is 22.8 Å². The molecule has 2 aromatic rings. The van der Waals surface area contributed by atoms with E-state index in [1.807, 2.05) is 4.90 Å². The van der Waals surface area contributed by atoms with Crippen LogP contribution in [0.15, 0.2) is 30.5 Å². The first-order valence-electron chi connectivity index (χ1n) is 10.2. The fourth-order valence-electron chi connectivity index (χ4n) is 4.20. The second-order valence-electron chi connectivity index (χ2n) is 7.93. The molecule has 0 bridgehead atoms. The molecule has 2 aliphatic rings. The van der Waals surface area contributed by atoms with Crippen molar-refractivity contribution in [2.45, 2.75) is 44.5 Å². The summed E-state index contributed by atoms with van der Waals surface area (Å²) in [5.74, 6) is 0.458. The quantitative estimate of drug-likeness (QED) is 0.822. The molecule has 162 valence electrons. The molecule has 2 saturated heterocycles. The number of hydrogen-bond donors (Lipinski definition) is 1. The van der Waals surface area contributed by atoms with Crippen molar-refractivity contribution in [3.63, 3.8) is 0 Å². The van der Waals surface area contributed by atoms with E-state index in [0.717, 1.165) is 0 Å². The summed E-state index contributed by atoms with van der Waals surface area (Å²) in [6.45, 7) is 0.491. The van der Waals surface area contributed by atoms with Crippen LogP contribution in [0.5, 0.6) is 5.75 Å². The highest BCUT2D eigenvalue weighted by molar-refractivity contribution is 5.86. The van der Waals surface area contributed by atoms with Crippen molar-refractivity contribution in [3.05, 3.63) is 30.5 Å². The molecule has 1 atom stereocenters. The molecule has 0 radical (unpaired) electrons. The molecule has 2 amide bonds. The van der Waals surface area contributed by atoms with Gasteiger partial charge in [-0.05, 0) is 24.6 Å². The average Bonchev–Trinajstić information content (AvgIpc) is 3.11. The van der Waals surface area contributed by atoms with Gasteiger partial charge in [0.25, 0.3) is 0 Å². The number of carbonyl (C=O) groups is 2. The SMILES string of the molecule is O=C1CCC(C(=O)N2CCC(Oc3cccc4c3ccn4CC(F)(F)F)CC2)CN1. The van der Waals surface area contributed by atoms with Crippen LogP contribution in [0, 0.1) is 5.92 Å². The molecule has 0 saturated carbocycles. The number of benzene rings is 1. The summed E-state index contributed by atoms with van der Waals surface area (Å²) in [6.07, 6.45) is -0.684. The normalized spacial score (nSPS) is 21.0. The van der Waals surface area contributed by atoms with Crippen LogP contribution in [0.4, 0.5) is 13.2 Å². The van der Waals surface area contributed by atoms with Crippen molar-refractivity contribution >= 4 is 22.7 Å². The first-order valence-corrected chi connectivity index (χ1v) is 10.2. The van der Waals surface area contributed by atoms with Gasteiger partial charge in [-0.25, -0.2) is 0 Å². The summed E-state index contributed by atoms with van der Waals surface area (Å²) in [6, 6.07) is 6.76. The van der Waals surface area contributed by atoms with E-state index < -0.39 is 12.7 Å². The molecule has 0 spiro atoms. The third kappa shape index (κ3) is 4.55. The Morgan fingerprint density at radius 2 is 1.93 bits per heavy atom. The topological polar surface area (TPSA) is 63.6 Å². The highest BCUT2D eigenvalue weighted by Crippen LogP contribution is 2.31. The van der Waals surface area contributed by atoms with Gasteiger partial charge in [-0.15, -0.1) is 0 Å². The minimum Gasteiger partial charge on any atom is -0.490 e. The van der Waals surface area contributed by atoms with Gasteiger partial charge < -0.3 is 19.5 Å². The van der Waals surface area contributed by atoms with E-state index in [2.05, 4.69) is 5.32 Å². The van der Waals surface area contributed by atoms with E-state index in [1.165, 1.54) is 10.8 Å². The molecule has 9 heteroatoms. The first-order chi connectivity index (χ1) is 14.3. The van der Waals surface area contributed by atoms with Gasteiger partial charge in [0.2, 0.25) is 11.8 Å². The lowest BCUT2D eigenvalue weighted by molar-refractivity contribution is -0.140. The number of fused-ring (bicyclic) bond motifs is 1. The van der Waals surface area contributed by atoms with Crippen molar-refractivity contribution in [1.29, 1.82) is 0 Å². The summed E-state index contributed by atoms with van der Waals surface area (Å²) in [5, 5.41) is 3.39. The van der Waals surface area contributed by atoms with Gasteiger partial charge in [-0.2, -0.15) is 13.2 Å². The predicted octanol–water partition coefficient (Wildman–Crippen LogP) is 3.10. The zero-order valence-corrected chi connectivity index (χ0v) is 16.5. The summed E-state index contributed by atoms with van der Waals surface area (Å²) in [5.41, 5.74) is 0.483. The molecule has 1 aromatic heterocycles. The highest BCUT2D eigenvalue weighted by Gasteiger charge is 2.32. The maximum absolute atomic E-state index is 12.8. The predicted molar refractivity (Wildman–Crippen MR) is 104 cm³/mol. The van der Waals surface area contributed by atoms with Gasteiger partial charge in [0, 0.05) is 50.5 Å². The summed E-state index contributed by atoms with van der Waals surface area (Å²) in [7, 11) is 0. The van der Waals surface area contributed by atoms with Crippen molar-refractivity contribution in [3.8, 4) is 5.75 Å². The van der Waals surface area contributed by atoms with Crippen LogP contribution in [0.3, 0.4) is 0 Å². The number of likely N-dealkylation sites (tertiary alicyclic amines) is 1. The summed E-state index contributed by atoms with van der Waals surface area (Å²) >= 11 is 0. The van der Waals surface area contributed by atoms with Gasteiger partial charge in [-0.1, -0.05) is 6.07 Å². The molecule has 2 aliphatic heterocycles. The molecule has 1 unspecified atom stereocenters. The summed E-state index contributed by atoms with van der Waals surface area (Å²) in [4.78, 5) is 25.8. The van der Waals surface area contributed by atoms with Crippen LogP contribution in [-0.4, -0.2) is 53.2 Å². The zero-order chi connectivity index (χ0) is 21.3. The maximum Gasteiger partial charge on any atom is 0.406 e. The van der Waals surface area contributed by atoms with E-state index >= 15 is 0 Å². The Morgan fingerprint density at radius 1 is 1.17 bits per heavy atom. The van der Waals surface area contributed by atoms with Crippen LogP contribution >= 0.6 is 0 Å². The van der Waals surface area contributed by atoms with Crippen molar-refractivity contribution in [2.24, 2.45) is 5.92 Å². The van der Waals surface area contributed by atoms with Gasteiger partial charge in [-0.3, -0.25) is 9.59 Å². The molecule has 4 rings (SSSR count). The number of alkyl halides is 3. The molecule has 0 aliphatic carbocycles. The molecule has 30 heavy (non-hydrogen) atoms. The number of nitrogens with one attached hydrogen (secondary N) is 1. The first kappa shape index (κ1) is 20.6. The molecule has 2 fully saturated rings. The Morgan fingerprint density at radius 3 is 2.60 bits per heavy atom. The number of piperidine rings is 2. The lowest BCUT2D eigenvalue weighted by Crippen LogP contribution is -2.48. The molecular formula is C21H24F3N3O3. The van der Waals surface area contributed by atoms with Gasteiger partial charge >= 0.3 is 6.18 Å². The summed E-state index contributed by atoms with van der Waals surface area (Å²) < 4.78 is 45.6. The number of rotatable bonds is 4. The molecular weight excluding hydrogens is 399 g/mol. The van der Waals surface area contributed by atoms with Crippen LogP contribution in [0.25, 0.3) is 10.9 Å². The second-order valence-corrected chi connectivity index (χ2v) is 7.93. The number of halogens is 3. The minimum atomic E-state index is -4.29. The molecule has 3 heterocycles. The van der Waals surface area contributed by atoms with Crippen LogP contribution in [-0.2, 0) is 16.1 Å². The van der Waals surface area contributed by atoms with Gasteiger partial charge in [0.05, 0.1) is 11.4 Å². The third-order valence-electron chi connectivity index (χ3n) is 5.79. The smallest absolute Gasteiger partial charge is 0.406 e. The lowest BCUT2D eigenvalue weighted by Gasteiger charge is -2.35. The van der Waals surface area contributed by atoms with Crippen molar-refractivity contribution in [1.82, 2.24) is 14.8 Å². The monoisotopic (exact) mass is 423 g/mol. The lowest BCUT2D eigenvalue weighted by atomic mass is 9.96. The number of amides is 2. The Bertz CT molecular complexity index is 922. The number of ether oxygens (including phenoxy) is 1. The standard InChI is InChI=1S/C21H24F3N3O3/c22-21(23,24)13-27-11-8-16-17(27)2-1-3-18(16)30-15-6-9-26(10-7-15)20(29)14-4-5-19(28)25-12-14/h1-3,8,11,14-15H,4-7,9-10,12-13H2,(H,25,28). The van der Waals surface area contributed by atoms with E-state index in [0.29, 0.717) is 62.0 Å². The van der Waals surface area contributed by atoms with Gasteiger partial charge in [0.1, 0.15) is 18.4 Å². The third-order valence-corrected chi connectivity index (χ3v) is 5.79. The van der Waals surface area contributed by atoms with Crippen molar-refractivity contribution in [2.75, 3.05) is 19.6 Å². The van der Waals surface area contributed by atoms with Gasteiger partial charge in [0.15, 0.2) is 0 Å². The molecule has 1 N–H and O–H groups in total. The molecule has 1 aromatic carbocycles. The van der Waals surface area contributed by atoms with Crippen LogP contribution in [0.1, 0.15) is 25.7 Å². The Hall–Kier alpha value is -2.71. The number of nitrogens with zero attached hydrogens (tertiary/aromatic N) is 2. The van der Waals surface area contributed by atoms with E-state index in [1.54, 1.807) is 24.3 Å². The van der Waals surface area contributed by atoms with Crippen LogP contribution < -0.4 is 10.1 Å². The zero-order valence-electron chi connectivity index (χ0n) is 16.5. The number of hydrogen-bond acceptors (Lipinski definition) is 3. The minimum absolute atomic E-state index is 0.00981. The number of aromatic nitrogens is 1. The average molecular weight is 423 g/mol. The maximum atomic E-state index is 12.8. The molecule has 6 nitrogen and oxygen atoms in total. The highest BCUT2D eigenvalue weighted by atomic mass is 19.4. The fraction of sp³-hybridized carbons (Fsp3) is 0.524. The Kier molecular flexibility index (Phi) is 5.62. The van der Waals surface area contributed by atoms with Crippen molar-refractivity contribution < 1.29 is 27.5 Å². The Balaban J connectivity index is 1.37. The van der Waals surface area contributed by atoms with E-state index in [4.69, 9.17) is 4.74 Å². The Labute approximate surface area is 172 Å². The van der Waals surface area contributed by atoms with Crippen LogP contribution in [0.2, 0.25) is 0 Å².